The van der Waals surface area contributed by atoms with Crippen LogP contribution in [0.5, 0.6) is 5.75 Å². The number of anilines is 1. The Labute approximate surface area is 176 Å². The summed E-state index contributed by atoms with van der Waals surface area (Å²) in [6.07, 6.45) is 7.06. The monoisotopic (exact) mass is 402 g/mol. The number of rotatable bonds is 7. The molecule has 6 nitrogen and oxygen atoms in total. The topological polar surface area (TPSA) is 59.4 Å². The van der Waals surface area contributed by atoms with E-state index in [2.05, 4.69) is 27.6 Å². The number of aromatic nitrogens is 2. The molecule has 0 spiro atoms. The lowest BCUT2D eigenvalue weighted by Crippen LogP contribution is -2.36. The normalized spacial score (nSPS) is 14.2. The molecule has 30 heavy (non-hydrogen) atoms. The molecular weight excluding hydrogens is 376 g/mol. The van der Waals surface area contributed by atoms with Crippen LogP contribution in [0.2, 0.25) is 0 Å². The Hall–Kier alpha value is -3.38. The molecule has 1 aliphatic heterocycles. The molecule has 2 heterocycles. The molecule has 154 valence electrons. The van der Waals surface area contributed by atoms with Gasteiger partial charge in [-0.1, -0.05) is 36.4 Å². The summed E-state index contributed by atoms with van der Waals surface area (Å²) in [5, 5.41) is 7.45. The Morgan fingerprint density at radius 3 is 2.70 bits per heavy atom. The standard InChI is InChI=1S/C24H26N4O2/c1-2-30-23-11-7-6-10-22(23)26-24(29)18-27-14-12-19(13-15-27)20-16-25-28(17-20)21-8-4-3-5-9-21/h3-12,16-17H,2,13-15,18H2,1H3,(H,26,29). The van der Waals surface area contributed by atoms with E-state index < -0.39 is 0 Å². The van der Waals surface area contributed by atoms with E-state index in [4.69, 9.17) is 4.74 Å². The molecule has 1 amide bonds. The average molecular weight is 402 g/mol. The Kier molecular flexibility index (Phi) is 6.25. The van der Waals surface area contributed by atoms with Gasteiger partial charge >= 0.3 is 0 Å². The van der Waals surface area contributed by atoms with Gasteiger partial charge in [0.25, 0.3) is 0 Å². The van der Waals surface area contributed by atoms with Crippen molar-refractivity contribution in [1.82, 2.24) is 14.7 Å². The van der Waals surface area contributed by atoms with Crippen molar-refractivity contribution in [2.24, 2.45) is 0 Å². The van der Waals surface area contributed by atoms with Gasteiger partial charge < -0.3 is 10.1 Å². The van der Waals surface area contributed by atoms with Gasteiger partial charge in [-0.3, -0.25) is 9.69 Å². The first-order valence-electron chi connectivity index (χ1n) is 10.3. The smallest absolute Gasteiger partial charge is 0.238 e. The summed E-state index contributed by atoms with van der Waals surface area (Å²) < 4.78 is 7.47. The second kappa shape index (κ2) is 9.41. The molecule has 1 aromatic heterocycles. The van der Waals surface area contributed by atoms with E-state index in [0.29, 0.717) is 24.6 Å². The highest BCUT2D eigenvalue weighted by molar-refractivity contribution is 5.93. The van der Waals surface area contributed by atoms with Crippen LogP contribution in [0.4, 0.5) is 5.69 Å². The lowest BCUT2D eigenvalue weighted by molar-refractivity contribution is -0.117. The van der Waals surface area contributed by atoms with Crippen LogP contribution in [-0.2, 0) is 4.79 Å². The van der Waals surface area contributed by atoms with Crippen molar-refractivity contribution in [1.29, 1.82) is 0 Å². The predicted molar refractivity (Wildman–Crippen MR) is 119 cm³/mol. The predicted octanol–water partition coefficient (Wildman–Crippen LogP) is 4.00. The summed E-state index contributed by atoms with van der Waals surface area (Å²) in [6.45, 7) is 4.43. The van der Waals surface area contributed by atoms with Crippen LogP contribution in [-0.4, -0.2) is 46.8 Å². The van der Waals surface area contributed by atoms with Gasteiger partial charge in [0, 0.05) is 24.8 Å². The molecule has 3 aromatic rings. The van der Waals surface area contributed by atoms with E-state index >= 15 is 0 Å². The minimum absolute atomic E-state index is 0.0316. The molecular formula is C24H26N4O2. The van der Waals surface area contributed by atoms with Gasteiger partial charge in [-0.25, -0.2) is 4.68 Å². The Morgan fingerprint density at radius 1 is 1.13 bits per heavy atom. The number of carbonyl (C=O) groups excluding carboxylic acids is 1. The number of nitrogens with zero attached hydrogens (tertiary/aromatic N) is 3. The van der Waals surface area contributed by atoms with Crippen LogP contribution in [0.25, 0.3) is 11.3 Å². The second-order valence-electron chi connectivity index (χ2n) is 7.20. The highest BCUT2D eigenvalue weighted by Crippen LogP contribution is 2.25. The highest BCUT2D eigenvalue weighted by atomic mass is 16.5. The van der Waals surface area contributed by atoms with Crippen molar-refractivity contribution in [3.05, 3.63) is 78.6 Å². The van der Waals surface area contributed by atoms with E-state index in [9.17, 15) is 4.79 Å². The fourth-order valence-electron chi connectivity index (χ4n) is 3.57. The van der Waals surface area contributed by atoms with Gasteiger partial charge in [0.15, 0.2) is 0 Å². The van der Waals surface area contributed by atoms with Crippen molar-refractivity contribution < 1.29 is 9.53 Å². The number of carbonyl (C=O) groups is 1. The van der Waals surface area contributed by atoms with E-state index in [1.807, 2.05) is 72.4 Å². The molecule has 1 aliphatic rings. The summed E-state index contributed by atoms with van der Waals surface area (Å²) in [4.78, 5) is 14.6. The van der Waals surface area contributed by atoms with Gasteiger partial charge in [0.2, 0.25) is 5.91 Å². The molecule has 0 bridgehead atoms. The summed E-state index contributed by atoms with van der Waals surface area (Å²) >= 11 is 0. The quantitative estimate of drug-likeness (QED) is 0.649. The molecule has 0 unspecified atom stereocenters. The third kappa shape index (κ3) is 4.78. The number of hydrogen-bond donors (Lipinski definition) is 1. The maximum absolute atomic E-state index is 12.5. The third-order valence-electron chi connectivity index (χ3n) is 5.10. The zero-order valence-corrected chi connectivity index (χ0v) is 17.1. The molecule has 4 rings (SSSR count). The third-order valence-corrected chi connectivity index (χ3v) is 5.10. The van der Waals surface area contributed by atoms with Gasteiger partial charge in [0.1, 0.15) is 5.75 Å². The summed E-state index contributed by atoms with van der Waals surface area (Å²) in [5.41, 5.74) is 4.17. The minimum atomic E-state index is -0.0316. The van der Waals surface area contributed by atoms with Gasteiger partial charge in [-0.05, 0) is 43.2 Å². The fraction of sp³-hybridized carbons (Fsp3) is 0.250. The molecule has 0 saturated carbocycles. The van der Waals surface area contributed by atoms with Gasteiger partial charge in [0.05, 0.1) is 30.7 Å². The number of benzene rings is 2. The van der Waals surface area contributed by atoms with Crippen molar-refractivity contribution in [2.45, 2.75) is 13.3 Å². The van der Waals surface area contributed by atoms with Crippen molar-refractivity contribution in [3.63, 3.8) is 0 Å². The molecule has 0 saturated heterocycles. The first kappa shape index (κ1) is 19.9. The Balaban J connectivity index is 1.34. The molecule has 0 atom stereocenters. The van der Waals surface area contributed by atoms with Gasteiger partial charge in [-0.15, -0.1) is 0 Å². The molecule has 2 aromatic carbocycles. The van der Waals surface area contributed by atoms with E-state index in [0.717, 1.165) is 30.8 Å². The average Bonchev–Trinajstić information content (AvgIpc) is 3.27. The highest BCUT2D eigenvalue weighted by Gasteiger charge is 2.17. The van der Waals surface area contributed by atoms with Crippen LogP contribution in [0.3, 0.4) is 0 Å². The molecule has 0 fully saturated rings. The fourth-order valence-corrected chi connectivity index (χ4v) is 3.57. The number of para-hydroxylation sites is 3. The summed E-state index contributed by atoms with van der Waals surface area (Å²) in [7, 11) is 0. The maximum atomic E-state index is 12.5. The number of ether oxygens (including phenoxy) is 1. The zero-order chi connectivity index (χ0) is 20.8. The zero-order valence-electron chi connectivity index (χ0n) is 17.1. The summed E-state index contributed by atoms with van der Waals surface area (Å²) in [6, 6.07) is 17.6. The number of nitrogens with one attached hydrogen (secondary N) is 1. The second-order valence-corrected chi connectivity index (χ2v) is 7.20. The number of hydrogen-bond acceptors (Lipinski definition) is 4. The molecule has 6 heteroatoms. The Bertz CT molecular complexity index is 1030. The van der Waals surface area contributed by atoms with Crippen LogP contribution >= 0.6 is 0 Å². The minimum Gasteiger partial charge on any atom is -0.492 e. The van der Waals surface area contributed by atoms with E-state index in [-0.39, 0.29) is 5.91 Å². The van der Waals surface area contributed by atoms with Crippen molar-refractivity contribution in [3.8, 4) is 11.4 Å². The lowest BCUT2D eigenvalue weighted by atomic mass is 10.0. The van der Waals surface area contributed by atoms with Crippen LogP contribution in [0.15, 0.2) is 73.1 Å². The van der Waals surface area contributed by atoms with Crippen LogP contribution in [0.1, 0.15) is 18.9 Å². The molecule has 1 N–H and O–H groups in total. The van der Waals surface area contributed by atoms with Crippen molar-refractivity contribution >= 4 is 17.2 Å². The summed E-state index contributed by atoms with van der Waals surface area (Å²) in [5.74, 6) is 0.667. The van der Waals surface area contributed by atoms with Gasteiger partial charge in [-0.2, -0.15) is 5.10 Å². The lowest BCUT2D eigenvalue weighted by Gasteiger charge is -2.25. The van der Waals surface area contributed by atoms with Crippen LogP contribution < -0.4 is 10.1 Å². The maximum Gasteiger partial charge on any atom is 0.238 e. The SMILES string of the molecule is CCOc1ccccc1NC(=O)CN1CC=C(c2cnn(-c3ccccc3)c2)CC1. The first-order chi connectivity index (χ1) is 14.7. The van der Waals surface area contributed by atoms with Crippen molar-refractivity contribution in [2.75, 3.05) is 31.6 Å². The van der Waals surface area contributed by atoms with E-state index in [1.165, 1.54) is 5.57 Å². The molecule has 0 radical (unpaired) electrons. The van der Waals surface area contributed by atoms with Crippen LogP contribution in [0, 0.1) is 0 Å². The number of amides is 1. The largest absolute Gasteiger partial charge is 0.492 e. The van der Waals surface area contributed by atoms with E-state index in [1.54, 1.807) is 0 Å². The first-order valence-corrected chi connectivity index (χ1v) is 10.3. The molecule has 0 aliphatic carbocycles. The Morgan fingerprint density at radius 2 is 1.93 bits per heavy atom.